The zero-order valence-corrected chi connectivity index (χ0v) is 15.7. The second kappa shape index (κ2) is 10.1. The summed E-state index contributed by atoms with van der Waals surface area (Å²) in [4.78, 5) is 6.63. The van der Waals surface area contributed by atoms with Crippen molar-refractivity contribution in [1.29, 1.82) is 0 Å². The summed E-state index contributed by atoms with van der Waals surface area (Å²) in [5.74, 6) is 6.43. The Labute approximate surface area is 157 Å². The van der Waals surface area contributed by atoms with Crippen molar-refractivity contribution in [1.82, 2.24) is 15.2 Å². The highest BCUT2D eigenvalue weighted by molar-refractivity contribution is 5.36. The minimum absolute atomic E-state index is 0.618. The predicted octanol–water partition coefficient (Wildman–Crippen LogP) is 3.99. The molecule has 0 atom stereocenters. The highest BCUT2D eigenvalue weighted by Crippen LogP contribution is 2.14. The number of unbranched alkanes of at least 4 members (excludes halogenated alkanes) is 1. The van der Waals surface area contributed by atoms with E-state index in [0.29, 0.717) is 6.04 Å². The van der Waals surface area contributed by atoms with Gasteiger partial charge in [-0.25, -0.2) is 0 Å². The number of nitrogens with zero attached hydrogens (tertiary/aromatic N) is 2. The number of rotatable bonds is 6. The number of benzene rings is 1. The lowest BCUT2D eigenvalue weighted by Crippen LogP contribution is -2.41. The molecule has 1 N–H and O–H groups in total. The summed E-state index contributed by atoms with van der Waals surface area (Å²) < 4.78 is 0. The molecule has 0 bridgehead atoms. The van der Waals surface area contributed by atoms with Crippen molar-refractivity contribution >= 4 is 0 Å². The highest BCUT2D eigenvalue weighted by atomic mass is 15.1. The lowest BCUT2D eigenvalue weighted by atomic mass is 10.0. The first-order chi connectivity index (χ1) is 12.8. The number of pyridine rings is 1. The van der Waals surface area contributed by atoms with Gasteiger partial charge in [0.2, 0.25) is 0 Å². The number of hydrogen-bond acceptors (Lipinski definition) is 3. The molecular formula is C23H29N3. The van der Waals surface area contributed by atoms with Crippen LogP contribution < -0.4 is 5.32 Å². The van der Waals surface area contributed by atoms with E-state index in [0.717, 1.165) is 44.6 Å². The van der Waals surface area contributed by atoms with Crippen molar-refractivity contribution in [2.45, 2.75) is 51.7 Å². The van der Waals surface area contributed by atoms with Gasteiger partial charge in [0.25, 0.3) is 0 Å². The molecule has 3 nitrogen and oxygen atoms in total. The molecule has 1 aromatic heterocycles. The normalized spacial score (nSPS) is 15.4. The molecular weight excluding hydrogens is 318 g/mol. The molecule has 0 radical (unpaired) electrons. The Kier molecular flexibility index (Phi) is 7.25. The average molecular weight is 348 g/mol. The van der Waals surface area contributed by atoms with Gasteiger partial charge in [-0.3, -0.25) is 9.88 Å². The third-order valence-corrected chi connectivity index (χ3v) is 4.90. The first kappa shape index (κ1) is 18.6. The standard InChI is InChI=1S/C23H29N3/c1-2-3-4-5-20-6-8-21(9-7-20)18-25-23-12-16-26(17-13-23)19-22-10-14-24-15-11-22/h6-11,14-15,23,25H,2-3,12-13,16-19H2,1H3. The number of nitrogens with one attached hydrogen (secondary N) is 1. The van der Waals surface area contributed by atoms with Gasteiger partial charge in [-0.05, 0) is 67.7 Å². The minimum atomic E-state index is 0.618. The van der Waals surface area contributed by atoms with E-state index in [1.165, 1.54) is 24.0 Å². The fourth-order valence-corrected chi connectivity index (χ4v) is 3.30. The van der Waals surface area contributed by atoms with Crippen LogP contribution in [-0.2, 0) is 13.1 Å². The van der Waals surface area contributed by atoms with Crippen molar-refractivity contribution in [3.8, 4) is 11.8 Å². The number of likely N-dealkylation sites (tertiary alicyclic amines) is 1. The third kappa shape index (κ3) is 5.98. The number of aromatic nitrogens is 1. The summed E-state index contributed by atoms with van der Waals surface area (Å²) in [6.07, 6.45) is 8.28. The molecule has 0 unspecified atom stereocenters. The molecule has 0 aliphatic carbocycles. The molecule has 2 heterocycles. The van der Waals surface area contributed by atoms with Gasteiger partial charge < -0.3 is 5.32 Å². The van der Waals surface area contributed by atoms with Gasteiger partial charge in [-0.1, -0.05) is 30.9 Å². The lowest BCUT2D eigenvalue weighted by molar-refractivity contribution is 0.190. The summed E-state index contributed by atoms with van der Waals surface area (Å²) in [5.41, 5.74) is 3.81. The third-order valence-electron chi connectivity index (χ3n) is 4.90. The van der Waals surface area contributed by atoms with E-state index in [-0.39, 0.29) is 0 Å². The SMILES string of the molecule is CCCC#Cc1ccc(CNC2CCN(Cc3ccncc3)CC2)cc1. The van der Waals surface area contributed by atoms with Gasteiger partial charge in [-0.2, -0.15) is 0 Å². The molecule has 26 heavy (non-hydrogen) atoms. The summed E-state index contributed by atoms with van der Waals surface area (Å²) in [6.45, 7) is 6.46. The Bertz CT molecular complexity index is 705. The van der Waals surface area contributed by atoms with Crippen LogP contribution in [0.5, 0.6) is 0 Å². The molecule has 1 aromatic carbocycles. The van der Waals surface area contributed by atoms with Gasteiger partial charge >= 0.3 is 0 Å². The van der Waals surface area contributed by atoms with E-state index in [1.54, 1.807) is 0 Å². The van der Waals surface area contributed by atoms with Crippen molar-refractivity contribution in [2.24, 2.45) is 0 Å². The maximum Gasteiger partial charge on any atom is 0.0271 e. The van der Waals surface area contributed by atoms with E-state index in [1.807, 2.05) is 12.4 Å². The Balaban J connectivity index is 1.39. The van der Waals surface area contributed by atoms with Crippen molar-refractivity contribution in [3.63, 3.8) is 0 Å². The van der Waals surface area contributed by atoms with Gasteiger partial charge in [0, 0.05) is 43.5 Å². The zero-order chi connectivity index (χ0) is 18.0. The summed E-state index contributed by atoms with van der Waals surface area (Å²) in [6, 6.07) is 13.5. The second-order valence-electron chi connectivity index (χ2n) is 7.04. The number of hydrogen-bond donors (Lipinski definition) is 1. The van der Waals surface area contributed by atoms with E-state index in [2.05, 4.69) is 70.4 Å². The van der Waals surface area contributed by atoms with Crippen LogP contribution in [0, 0.1) is 11.8 Å². The largest absolute Gasteiger partial charge is 0.310 e. The van der Waals surface area contributed by atoms with Crippen LogP contribution >= 0.6 is 0 Å². The van der Waals surface area contributed by atoms with Crippen LogP contribution in [0.4, 0.5) is 0 Å². The Morgan fingerprint density at radius 1 is 1.04 bits per heavy atom. The summed E-state index contributed by atoms with van der Waals surface area (Å²) >= 11 is 0. The molecule has 0 spiro atoms. The molecule has 1 aliphatic rings. The Morgan fingerprint density at radius 2 is 1.77 bits per heavy atom. The quantitative estimate of drug-likeness (QED) is 0.801. The van der Waals surface area contributed by atoms with Crippen molar-refractivity contribution in [2.75, 3.05) is 13.1 Å². The fourth-order valence-electron chi connectivity index (χ4n) is 3.30. The lowest BCUT2D eigenvalue weighted by Gasteiger charge is -2.32. The summed E-state index contributed by atoms with van der Waals surface area (Å²) in [7, 11) is 0. The number of piperidine rings is 1. The van der Waals surface area contributed by atoms with E-state index < -0.39 is 0 Å². The van der Waals surface area contributed by atoms with Crippen LogP contribution in [0.3, 0.4) is 0 Å². The molecule has 3 rings (SSSR count). The smallest absolute Gasteiger partial charge is 0.0271 e. The monoisotopic (exact) mass is 347 g/mol. The van der Waals surface area contributed by atoms with Crippen LogP contribution in [0.15, 0.2) is 48.8 Å². The van der Waals surface area contributed by atoms with Crippen LogP contribution in [-0.4, -0.2) is 29.0 Å². The van der Waals surface area contributed by atoms with Crippen molar-refractivity contribution in [3.05, 3.63) is 65.5 Å². The predicted molar refractivity (Wildman–Crippen MR) is 108 cm³/mol. The first-order valence-electron chi connectivity index (χ1n) is 9.76. The van der Waals surface area contributed by atoms with Crippen LogP contribution in [0.1, 0.15) is 49.3 Å². The topological polar surface area (TPSA) is 28.2 Å². The molecule has 0 amide bonds. The van der Waals surface area contributed by atoms with E-state index in [4.69, 9.17) is 0 Å². The molecule has 1 saturated heterocycles. The van der Waals surface area contributed by atoms with Crippen molar-refractivity contribution < 1.29 is 0 Å². The molecule has 136 valence electrons. The Morgan fingerprint density at radius 3 is 2.46 bits per heavy atom. The highest BCUT2D eigenvalue weighted by Gasteiger charge is 2.18. The minimum Gasteiger partial charge on any atom is -0.310 e. The van der Waals surface area contributed by atoms with E-state index >= 15 is 0 Å². The fraction of sp³-hybridized carbons (Fsp3) is 0.435. The molecule has 1 aliphatic heterocycles. The molecule has 1 fully saturated rings. The molecule has 2 aromatic rings. The van der Waals surface area contributed by atoms with Gasteiger partial charge in [-0.15, -0.1) is 0 Å². The van der Waals surface area contributed by atoms with Gasteiger partial charge in [0.15, 0.2) is 0 Å². The first-order valence-corrected chi connectivity index (χ1v) is 9.76. The average Bonchev–Trinajstić information content (AvgIpc) is 2.69. The van der Waals surface area contributed by atoms with Gasteiger partial charge in [0.05, 0.1) is 0 Å². The summed E-state index contributed by atoms with van der Waals surface area (Å²) in [5, 5.41) is 3.72. The maximum absolute atomic E-state index is 4.09. The zero-order valence-electron chi connectivity index (χ0n) is 15.7. The van der Waals surface area contributed by atoms with Crippen LogP contribution in [0.2, 0.25) is 0 Å². The maximum atomic E-state index is 4.09. The molecule has 3 heteroatoms. The molecule has 0 saturated carbocycles. The van der Waals surface area contributed by atoms with Crippen LogP contribution in [0.25, 0.3) is 0 Å². The van der Waals surface area contributed by atoms with Gasteiger partial charge in [0.1, 0.15) is 0 Å². The van der Waals surface area contributed by atoms with E-state index in [9.17, 15) is 0 Å². The Hall–Kier alpha value is -2.15. The second-order valence-corrected chi connectivity index (χ2v) is 7.04.